The van der Waals surface area contributed by atoms with E-state index in [-0.39, 0.29) is 18.9 Å². The van der Waals surface area contributed by atoms with Gasteiger partial charge in [-0.2, -0.15) is 0 Å². The Morgan fingerprint density at radius 3 is 1.71 bits per heavy atom. The van der Waals surface area contributed by atoms with Crippen LogP contribution in [0.5, 0.6) is 0 Å². The van der Waals surface area contributed by atoms with Crippen molar-refractivity contribution in [2.24, 2.45) is 0 Å². The number of hydrogen-bond donors (Lipinski definition) is 2. The predicted octanol–water partition coefficient (Wildman–Crippen LogP) is 9.99. The van der Waals surface area contributed by atoms with Crippen LogP contribution < -0.4 is 10.2 Å². The summed E-state index contributed by atoms with van der Waals surface area (Å²) in [7, 11) is 1.21. The van der Waals surface area contributed by atoms with Crippen molar-refractivity contribution in [3.63, 3.8) is 0 Å². The summed E-state index contributed by atoms with van der Waals surface area (Å²) >= 11 is 0. The number of nitrogens with one attached hydrogen (secondary N) is 1. The summed E-state index contributed by atoms with van der Waals surface area (Å²) < 4.78 is 23.0. The van der Waals surface area contributed by atoms with Crippen LogP contribution in [0.3, 0.4) is 0 Å². The van der Waals surface area contributed by atoms with E-state index in [1.54, 1.807) is 6.08 Å². The quantitative estimate of drug-likeness (QED) is 0.0294. The third-order valence-electron chi connectivity index (χ3n) is 8.11. The van der Waals surface area contributed by atoms with E-state index >= 15 is 0 Å². The number of allylic oxidation sites excluding steroid dienone is 13. The number of carbonyl (C=O) groups excluding carboxylic acids is 1. The lowest BCUT2D eigenvalue weighted by Crippen LogP contribution is -2.45. The Bertz CT molecular complexity index is 1120. The molecule has 52 heavy (non-hydrogen) atoms. The lowest BCUT2D eigenvalue weighted by molar-refractivity contribution is -0.870. The number of phosphoric ester groups is 1. The molecule has 3 atom stereocenters. The van der Waals surface area contributed by atoms with Crippen LogP contribution in [0.4, 0.5) is 0 Å². The number of aliphatic hydroxyl groups is 1. The zero-order valence-electron chi connectivity index (χ0n) is 33.5. The summed E-state index contributed by atoms with van der Waals surface area (Å²) in [6, 6.07) is -0.912. The first-order valence-corrected chi connectivity index (χ1v) is 21.4. The van der Waals surface area contributed by atoms with E-state index in [1.165, 1.54) is 32.1 Å². The largest absolute Gasteiger partial charge is 0.756 e. The number of hydrogen-bond acceptors (Lipinski definition) is 6. The first-order valence-electron chi connectivity index (χ1n) is 19.9. The topological polar surface area (TPSA) is 108 Å². The molecular weight excluding hydrogens is 671 g/mol. The molecule has 0 aliphatic heterocycles. The maximum atomic E-state index is 12.8. The van der Waals surface area contributed by atoms with E-state index in [0.29, 0.717) is 17.4 Å². The van der Waals surface area contributed by atoms with Crippen LogP contribution in [0.25, 0.3) is 0 Å². The number of nitrogens with zero attached hydrogens (tertiary/aromatic N) is 1. The van der Waals surface area contributed by atoms with Crippen molar-refractivity contribution in [3.8, 4) is 0 Å². The third-order valence-corrected chi connectivity index (χ3v) is 9.08. The highest BCUT2D eigenvalue weighted by atomic mass is 31.2. The Morgan fingerprint density at radius 1 is 0.692 bits per heavy atom. The Labute approximate surface area is 318 Å². The van der Waals surface area contributed by atoms with Crippen LogP contribution in [-0.2, 0) is 18.4 Å². The van der Waals surface area contributed by atoms with Gasteiger partial charge in [0.25, 0.3) is 7.82 Å². The fourth-order valence-corrected chi connectivity index (χ4v) is 5.64. The molecule has 0 heterocycles. The van der Waals surface area contributed by atoms with Gasteiger partial charge < -0.3 is 28.8 Å². The molecule has 0 aliphatic rings. The molecule has 0 aromatic rings. The van der Waals surface area contributed by atoms with E-state index in [1.807, 2.05) is 27.2 Å². The second kappa shape index (κ2) is 34.4. The standard InChI is InChI=1S/C43H75N2O6P/c1-6-8-10-12-14-16-17-18-19-20-21-22-23-24-25-26-27-29-31-33-35-37-43(47)44-41(40-51-52(48,49)50-39-38-45(3,4)5)42(46)36-34-32-30-28-15-13-11-9-7-2/h8,10,14,16,18-19,21-22,24-25,27,29,34,36,41-42,46H,6-7,9,11-13,15,17,20,23,26,28,30-33,35,37-40H2,1-5H3,(H-,44,47,48,49)/b10-8-,16-14-,19-18-,22-21-,25-24-,29-27-,36-34+. The van der Waals surface area contributed by atoms with Gasteiger partial charge in [-0.3, -0.25) is 9.36 Å². The Balaban J connectivity index is 4.52. The molecule has 0 fully saturated rings. The number of aliphatic hydroxyl groups excluding tert-OH is 1. The molecule has 0 saturated heterocycles. The van der Waals surface area contributed by atoms with Gasteiger partial charge in [-0.05, 0) is 70.6 Å². The Kier molecular flexibility index (Phi) is 32.9. The number of quaternary nitrogens is 1. The van der Waals surface area contributed by atoms with E-state index in [9.17, 15) is 19.4 Å². The van der Waals surface area contributed by atoms with Crippen molar-refractivity contribution in [3.05, 3.63) is 85.1 Å². The van der Waals surface area contributed by atoms with Gasteiger partial charge in [0.2, 0.25) is 5.91 Å². The molecular formula is C43H75N2O6P. The van der Waals surface area contributed by atoms with Crippen LogP contribution in [0, 0.1) is 0 Å². The van der Waals surface area contributed by atoms with Gasteiger partial charge in [-0.1, -0.05) is 137 Å². The number of likely N-dealkylation sites (N-methyl/N-ethyl adjacent to an activating group) is 1. The SMILES string of the molecule is CC/C=C\C/C=C\C/C=C\C/C=C\C/C=C\C/C=C\CCCCC(=O)NC(COP(=O)([O-])OCC[N+](C)(C)C)C(O)/C=C/CCCCCCCCC. The van der Waals surface area contributed by atoms with Crippen LogP contribution >= 0.6 is 7.82 Å². The van der Waals surface area contributed by atoms with Gasteiger partial charge in [0.05, 0.1) is 39.9 Å². The lowest BCUT2D eigenvalue weighted by atomic mass is 10.1. The summed E-state index contributed by atoms with van der Waals surface area (Å²) in [6.07, 6.45) is 46.4. The van der Waals surface area contributed by atoms with Crippen molar-refractivity contribution in [1.29, 1.82) is 0 Å². The minimum Gasteiger partial charge on any atom is -0.756 e. The van der Waals surface area contributed by atoms with Crippen molar-refractivity contribution >= 4 is 13.7 Å². The first kappa shape index (κ1) is 49.7. The molecule has 3 unspecified atom stereocenters. The van der Waals surface area contributed by atoms with Crippen LogP contribution in [0.1, 0.15) is 129 Å². The van der Waals surface area contributed by atoms with E-state index < -0.39 is 26.6 Å². The molecule has 0 aliphatic carbocycles. The molecule has 0 rings (SSSR count). The second-order valence-electron chi connectivity index (χ2n) is 14.3. The summed E-state index contributed by atoms with van der Waals surface area (Å²) in [4.78, 5) is 25.1. The smallest absolute Gasteiger partial charge is 0.268 e. The molecule has 8 nitrogen and oxygen atoms in total. The maximum absolute atomic E-state index is 12.8. The molecule has 2 N–H and O–H groups in total. The van der Waals surface area contributed by atoms with Gasteiger partial charge in [-0.15, -0.1) is 0 Å². The molecule has 298 valence electrons. The monoisotopic (exact) mass is 747 g/mol. The lowest BCUT2D eigenvalue weighted by Gasteiger charge is -2.29. The number of rotatable bonds is 34. The number of amides is 1. The molecule has 1 amide bonds. The fraction of sp³-hybridized carbons (Fsp3) is 0.651. The number of phosphoric acid groups is 1. The van der Waals surface area contributed by atoms with Crippen molar-refractivity contribution in [1.82, 2.24) is 5.32 Å². The molecule has 0 spiro atoms. The highest BCUT2D eigenvalue weighted by molar-refractivity contribution is 7.45. The summed E-state index contributed by atoms with van der Waals surface area (Å²) in [5, 5.41) is 13.6. The third kappa shape index (κ3) is 36.1. The number of carbonyl (C=O) groups is 1. The normalized spacial score (nSPS) is 15.4. The zero-order chi connectivity index (χ0) is 38.6. The van der Waals surface area contributed by atoms with Crippen LogP contribution in [0.2, 0.25) is 0 Å². The zero-order valence-corrected chi connectivity index (χ0v) is 34.4. The van der Waals surface area contributed by atoms with E-state index in [0.717, 1.165) is 70.6 Å². The van der Waals surface area contributed by atoms with Gasteiger partial charge in [0.1, 0.15) is 13.2 Å². The molecule has 0 bridgehead atoms. The summed E-state index contributed by atoms with van der Waals surface area (Å²) in [6.45, 7) is 4.42. The van der Waals surface area contributed by atoms with Gasteiger partial charge >= 0.3 is 0 Å². The fourth-order valence-electron chi connectivity index (χ4n) is 4.92. The highest BCUT2D eigenvalue weighted by Crippen LogP contribution is 2.38. The second-order valence-corrected chi connectivity index (χ2v) is 15.7. The summed E-state index contributed by atoms with van der Waals surface area (Å²) in [5.41, 5.74) is 0. The summed E-state index contributed by atoms with van der Waals surface area (Å²) in [5.74, 6) is -0.248. The van der Waals surface area contributed by atoms with Crippen molar-refractivity contribution in [2.45, 2.75) is 142 Å². The Morgan fingerprint density at radius 2 is 1.17 bits per heavy atom. The molecule has 0 saturated carbocycles. The molecule has 0 aromatic carbocycles. The van der Waals surface area contributed by atoms with Crippen molar-refractivity contribution in [2.75, 3.05) is 40.9 Å². The first-order chi connectivity index (χ1) is 25.0. The average Bonchev–Trinajstić information content (AvgIpc) is 3.09. The van der Waals surface area contributed by atoms with Gasteiger partial charge in [0.15, 0.2) is 0 Å². The minimum absolute atomic E-state index is 0.0149. The highest BCUT2D eigenvalue weighted by Gasteiger charge is 2.23. The van der Waals surface area contributed by atoms with E-state index in [2.05, 4.69) is 92.1 Å². The average molecular weight is 747 g/mol. The Hall–Kier alpha value is -2.32. The van der Waals surface area contributed by atoms with E-state index in [4.69, 9.17) is 9.05 Å². The van der Waals surface area contributed by atoms with Gasteiger partial charge in [0, 0.05) is 6.42 Å². The maximum Gasteiger partial charge on any atom is 0.268 e. The molecule has 0 aromatic heterocycles. The molecule has 9 heteroatoms. The van der Waals surface area contributed by atoms with Crippen molar-refractivity contribution < 1.29 is 32.9 Å². The predicted molar refractivity (Wildman–Crippen MR) is 219 cm³/mol. The van der Waals surface area contributed by atoms with Crippen LogP contribution in [-0.4, -0.2) is 68.5 Å². The van der Waals surface area contributed by atoms with Gasteiger partial charge in [-0.25, -0.2) is 0 Å². The molecule has 0 radical (unpaired) electrons. The number of unbranched alkanes of at least 4 members (excludes halogenated alkanes) is 9. The minimum atomic E-state index is -4.60. The van der Waals surface area contributed by atoms with Crippen LogP contribution in [0.15, 0.2) is 85.1 Å².